The molecule has 1 aliphatic carbocycles. The molecule has 0 saturated heterocycles. The zero-order chi connectivity index (χ0) is 14.5. The normalized spacial score (nSPS) is 20.3. The van der Waals surface area contributed by atoms with Crippen LogP contribution in [0.3, 0.4) is 0 Å². The van der Waals surface area contributed by atoms with E-state index in [0.717, 1.165) is 12.8 Å². The fourth-order valence-corrected chi connectivity index (χ4v) is 2.53. The highest BCUT2D eigenvalue weighted by Crippen LogP contribution is 2.48. The van der Waals surface area contributed by atoms with Crippen LogP contribution in [0.5, 0.6) is 0 Å². The number of methoxy groups -OCH3 is 1. The number of amides is 1. The predicted molar refractivity (Wildman–Crippen MR) is 76.2 cm³/mol. The Balaban J connectivity index is 1.97. The highest BCUT2D eigenvalue weighted by molar-refractivity contribution is 5.86. The van der Waals surface area contributed by atoms with Crippen LogP contribution >= 0.6 is 0 Å². The Kier molecular flexibility index (Phi) is 4.77. The standard InChI is InChI=1S/C16H21NO3/c1-3-9-17(11-15(18)20-2)16(19)14-10-13(14)12-7-5-4-6-8-12/h4-8,13-14H,3,9-11H2,1-2H3. The molecule has 0 N–H and O–H groups in total. The molecule has 0 spiro atoms. The Hall–Kier alpha value is -1.84. The summed E-state index contributed by atoms with van der Waals surface area (Å²) in [4.78, 5) is 25.5. The molecule has 2 unspecified atom stereocenters. The van der Waals surface area contributed by atoms with Crippen molar-refractivity contribution in [3.8, 4) is 0 Å². The second-order valence-electron chi connectivity index (χ2n) is 5.20. The molecule has 4 heteroatoms. The number of ether oxygens (including phenoxy) is 1. The molecule has 1 amide bonds. The van der Waals surface area contributed by atoms with E-state index in [1.54, 1.807) is 4.90 Å². The second kappa shape index (κ2) is 6.55. The van der Waals surface area contributed by atoms with E-state index in [1.807, 2.05) is 25.1 Å². The topological polar surface area (TPSA) is 46.6 Å². The van der Waals surface area contributed by atoms with Crippen LogP contribution in [0.2, 0.25) is 0 Å². The molecule has 2 rings (SSSR count). The van der Waals surface area contributed by atoms with Crippen LogP contribution in [0.25, 0.3) is 0 Å². The average molecular weight is 275 g/mol. The summed E-state index contributed by atoms with van der Waals surface area (Å²) >= 11 is 0. The Bertz CT molecular complexity index is 472. The summed E-state index contributed by atoms with van der Waals surface area (Å²) in [6.45, 7) is 2.66. The minimum Gasteiger partial charge on any atom is -0.468 e. The van der Waals surface area contributed by atoms with Gasteiger partial charge in [-0.25, -0.2) is 0 Å². The molecule has 0 bridgehead atoms. The van der Waals surface area contributed by atoms with Crippen molar-refractivity contribution in [2.45, 2.75) is 25.7 Å². The van der Waals surface area contributed by atoms with Gasteiger partial charge in [0.25, 0.3) is 0 Å². The lowest BCUT2D eigenvalue weighted by molar-refractivity contribution is -0.147. The highest BCUT2D eigenvalue weighted by Gasteiger charge is 2.45. The van der Waals surface area contributed by atoms with Crippen molar-refractivity contribution >= 4 is 11.9 Å². The quantitative estimate of drug-likeness (QED) is 0.748. The van der Waals surface area contributed by atoms with Crippen molar-refractivity contribution in [1.82, 2.24) is 4.90 Å². The average Bonchev–Trinajstić information content (AvgIpc) is 3.27. The van der Waals surface area contributed by atoms with Gasteiger partial charge in [0.05, 0.1) is 7.11 Å². The third kappa shape index (κ3) is 3.38. The van der Waals surface area contributed by atoms with Crippen molar-refractivity contribution in [2.24, 2.45) is 5.92 Å². The van der Waals surface area contributed by atoms with E-state index < -0.39 is 0 Å². The zero-order valence-electron chi connectivity index (χ0n) is 12.0. The number of esters is 1. The number of hydrogen-bond acceptors (Lipinski definition) is 3. The van der Waals surface area contributed by atoms with Gasteiger partial charge in [0, 0.05) is 12.5 Å². The molecular formula is C16H21NO3. The number of rotatable bonds is 6. The molecule has 2 atom stereocenters. The van der Waals surface area contributed by atoms with Crippen molar-refractivity contribution in [2.75, 3.05) is 20.2 Å². The first-order valence-corrected chi connectivity index (χ1v) is 7.08. The summed E-state index contributed by atoms with van der Waals surface area (Å²) in [7, 11) is 1.35. The van der Waals surface area contributed by atoms with Crippen LogP contribution < -0.4 is 0 Å². The van der Waals surface area contributed by atoms with Crippen LogP contribution in [0, 0.1) is 5.92 Å². The van der Waals surface area contributed by atoms with Gasteiger partial charge in [-0.3, -0.25) is 9.59 Å². The maximum absolute atomic E-state index is 12.4. The summed E-state index contributed by atoms with van der Waals surface area (Å²) in [5.41, 5.74) is 1.21. The maximum atomic E-state index is 12.4. The third-order valence-electron chi connectivity index (χ3n) is 3.69. The van der Waals surface area contributed by atoms with Crippen LogP contribution in [-0.4, -0.2) is 37.0 Å². The van der Waals surface area contributed by atoms with E-state index in [2.05, 4.69) is 16.9 Å². The molecule has 1 aromatic carbocycles. The molecule has 1 saturated carbocycles. The summed E-state index contributed by atoms with van der Waals surface area (Å²) in [5, 5.41) is 0. The Labute approximate surface area is 119 Å². The van der Waals surface area contributed by atoms with Crippen molar-refractivity contribution in [3.05, 3.63) is 35.9 Å². The van der Waals surface area contributed by atoms with Crippen molar-refractivity contribution in [1.29, 1.82) is 0 Å². The molecule has 0 aliphatic heterocycles. The van der Waals surface area contributed by atoms with Gasteiger partial charge in [-0.1, -0.05) is 37.3 Å². The SMILES string of the molecule is CCCN(CC(=O)OC)C(=O)C1CC1c1ccccc1. The molecule has 0 radical (unpaired) electrons. The number of carbonyl (C=O) groups is 2. The molecule has 0 heterocycles. The summed E-state index contributed by atoms with van der Waals surface area (Å²) in [6.07, 6.45) is 1.72. The van der Waals surface area contributed by atoms with Gasteiger partial charge in [0.2, 0.25) is 5.91 Å². The fourth-order valence-electron chi connectivity index (χ4n) is 2.53. The third-order valence-corrected chi connectivity index (χ3v) is 3.69. The summed E-state index contributed by atoms with van der Waals surface area (Å²) < 4.78 is 4.66. The van der Waals surface area contributed by atoms with Gasteiger partial charge in [-0.05, 0) is 24.3 Å². The fraction of sp³-hybridized carbons (Fsp3) is 0.500. The van der Waals surface area contributed by atoms with E-state index >= 15 is 0 Å². The molecule has 20 heavy (non-hydrogen) atoms. The van der Waals surface area contributed by atoms with E-state index in [0.29, 0.717) is 12.5 Å². The van der Waals surface area contributed by atoms with Crippen molar-refractivity contribution in [3.63, 3.8) is 0 Å². The highest BCUT2D eigenvalue weighted by atomic mass is 16.5. The monoisotopic (exact) mass is 275 g/mol. The number of nitrogens with zero attached hydrogens (tertiary/aromatic N) is 1. The molecule has 1 aliphatic rings. The van der Waals surface area contributed by atoms with Gasteiger partial charge >= 0.3 is 5.97 Å². The van der Waals surface area contributed by atoms with E-state index in [-0.39, 0.29) is 24.3 Å². The summed E-state index contributed by atoms with van der Waals surface area (Å²) in [5.74, 6) is 0.0455. The second-order valence-corrected chi connectivity index (χ2v) is 5.20. The van der Waals surface area contributed by atoms with Crippen LogP contribution in [0.4, 0.5) is 0 Å². The lowest BCUT2D eigenvalue weighted by atomic mass is 10.1. The number of carbonyl (C=O) groups excluding carboxylic acids is 2. The smallest absolute Gasteiger partial charge is 0.325 e. The molecule has 1 aromatic rings. The van der Waals surface area contributed by atoms with Gasteiger partial charge in [0.1, 0.15) is 6.54 Å². The number of hydrogen-bond donors (Lipinski definition) is 0. The van der Waals surface area contributed by atoms with Crippen LogP contribution in [0.15, 0.2) is 30.3 Å². The minimum absolute atomic E-state index is 0.0219. The minimum atomic E-state index is -0.358. The first-order valence-electron chi connectivity index (χ1n) is 7.08. The van der Waals surface area contributed by atoms with E-state index in [1.165, 1.54) is 12.7 Å². The van der Waals surface area contributed by atoms with Crippen LogP contribution in [0.1, 0.15) is 31.2 Å². The lowest BCUT2D eigenvalue weighted by Crippen LogP contribution is -2.38. The molecule has 0 aromatic heterocycles. The Morgan fingerprint density at radius 3 is 2.60 bits per heavy atom. The predicted octanol–water partition coefficient (Wildman–Crippen LogP) is 2.20. The molecule has 1 fully saturated rings. The van der Waals surface area contributed by atoms with Gasteiger partial charge in [0.15, 0.2) is 0 Å². The van der Waals surface area contributed by atoms with Crippen LogP contribution in [-0.2, 0) is 14.3 Å². The first-order chi connectivity index (χ1) is 9.67. The largest absolute Gasteiger partial charge is 0.468 e. The Morgan fingerprint density at radius 1 is 1.30 bits per heavy atom. The van der Waals surface area contributed by atoms with E-state index in [4.69, 9.17) is 0 Å². The number of benzene rings is 1. The summed E-state index contributed by atoms with van der Waals surface area (Å²) in [6, 6.07) is 10.1. The van der Waals surface area contributed by atoms with E-state index in [9.17, 15) is 9.59 Å². The van der Waals surface area contributed by atoms with Crippen molar-refractivity contribution < 1.29 is 14.3 Å². The molecular weight excluding hydrogens is 254 g/mol. The maximum Gasteiger partial charge on any atom is 0.325 e. The van der Waals surface area contributed by atoms with Gasteiger partial charge in [-0.2, -0.15) is 0 Å². The first kappa shape index (κ1) is 14.6. The zero-order valence-corrected chi connectivity index (χ0v) is 12.0. The van der Waals surface area contributed by atoms with Gasteiger partial charge < -0.3 is 9.64 Å². The van der Waals surface area contributed by atoms with Gasteiger partial charge in [-0.15, -0.1) is 0 Å². The Morgan fingerprint density at radius 2 is 2.00 bits per heavy atom. The molecule has 108 valence electrons. The molecule has 4 nitrogen and oxygen atoms in total. The lowest BCUT2D eigenvalue weighted by Gasteiger charge is -2.20.